The Kier molecular flexibility index (Phi) is 9.65. The van der Waals surface area contributed by atoms with Crippen LogP contribution in [0.15, 0.2) is 58.8 Å². The number of aliphatic hydroxyl groups excluding tert-OH is 2. The molecule has 7 heteroatoms. The van der Waals surface area contributed by atoms with Gasteiger partial charge in [0.2, 0.25) is 0 Å². The number of benzene rings is 1. The molecule has 2 saturated carbocycles. The maximum absolute atomic E-state index is 10.5. The molecule has 0 amide bonds. The summed E-state index contributed by atoms with van der Waals surface area (Å²) >= 11 is 0. The standard InChI is InChI=1S/C37H50N2O5/c1-3-4-7-34-27(23-40)19-30(44-34)10-8-25-9-11-33(42)35(17-25)43-16-13-29-20-31-32(22-38-21-24(2)41)37-14-5-6-28(37)18-26(12-15-37)36(31)39-29/h9,11-12,15,17,19-20,24,26,28,32,34,38,40-42H,3-8,10,13-14,16,18,21-23H2,1-2H3. The number of aliphatic hydroxyl groups is 2. The third kappa shape index (κ3) is 6.42. The van der Waals surface area contributed by atoms with E-state index < -0.39 is 0 Å². The van der Waals surface area contributed by atoms with Gasteiger partial charge in [-0.2, -0.15) is 12.0 Å². The lowest BCUT2D eigenvalue weighted by molar-refractivity contribution is 0.123. The number of hydrogen-bond donors (Lipinski definition) is 4. The number of rotatable bonds is 15. The highest BCUT2D eigenvalue weighted by molar-refractivity contribution is 6.07. The van der Waals surface area contributed by atoms with Crippen LogP contribution >= 0.6 is 0 Å². The summed E-state index contributed by atoms with van der Waals surface area (Å²) in [5.41, 5.74) is 3.88. The molecule has 7 nitrogen and oxygen atoms in total. The summed E-state index contributed by atoms with van der Waals surface area (Å²) in [5, 5.41) is 33.7. The molecule has 2 heterocycles. The Bertz CT molecular complexity index is 1280. The smallest absolute Gasteiger partial charge is 0.196 e. The average molecular weight is 603 g/mol. The van der Waals surface area contributed by atoms with Crippen LogP contribution in [0.2, 0.25) is 0 Å². The van der Waals surface area contributed by atoms with Crippen molar-refractivity contribution in [3.8, 4) is 11.5 Å². The van der Waals surface area contributed by atoms with Crippen LogP contribution in [-0.2, 0) is 11.2 Å². The van der Waals surface area contributed by atoms with Gasteiger partial charge in [0.1, 0.15) is 12.2 Å². The van der Waals surface area contributed by atoms with Crippen molar-refractivity contribution in [1.29, 1.82) is 0 Å². The number of phenols is 1. The van der Waals surface area contributed by atoms with E-state index in [1.807, 2.05) is 25.1 Å². The Morgan fingerprint density at radius 3 is 3.00 bits per heavy atom. The second kappa shape index (κ2) is 13.6. The van der Waals surface area contributed by atoms with E-state index in [1.54, 1.807) is 6.07 Å². The van der Waals surface area contributed by atoms with Crippen molar-refractivity contribution in [2.75, 3.05) is 26.3 Å². The average Bonchev–Trinajstić information content (AvgIpc) is 3.72. The SMILES string of the molecule is CCCCC1OC(CCc2ccc(O)c(OCC[C+]3C=C4C(=N3)C3C=CC5(CCCC5C3)C4CNCC(C)O)c2)=C[C-]1CO. The molecule has 2 bridgehead atoms. The normalized spacial score (nSPS) is 29.1. The van der Waals surface area contributed by atoms with Crippen molar-refractivity contribution in [1.82, 2.24) is 5.32 Å². The molecule has 1 aromatic rings. The van der Waals surface area contributed by atoms with Crippen molar-refractivity contribution in [2.24, 2.45) is 28.2 Å². The number of nitrogens with one attached hydrogen (secondary N) is 1. The van der Waals surface area contributed by atoms with Crippen LogP contribution in [0.4, 0.5) is 0 Å². The van der Waals surface area contributed by atoms with Crippen LogP contribution < -0.4 is 10.1 Å². The predicted octanol–water partition coefficient (Wildman–Crippen LogP) is 6.01. The van der Waals surface area contributed by atoms with Gasteiger partial charge in [-0.05, 0) is 62.6 Å². The highest BCUT2D eigenvalue weighted by Crippen LogP contribution is 2.60. The van der Waals surface area contributed by atoms with Crippen molar-refractivity contribution in [3.05, 3.63) is 71.4 Å². The maximum Gasteiger partial charge on any atom is 0.196 e. The number of allylic oxidation sites excluding steroid dienone is 3. The van der Waals surface area contributed by atoms with E-state index in [-0.39, 0.29) is 30.0 Å². The minimum absolute atomic E-state index is 0.00489. The van der Waals surface area contributed by atoms with Gasteiger partial charge in [0.25, 0.3) is 0 Å². The molecule has 4 N–H and O–H groups in total. The molecule has 0 aromatic heterocycles. The lowest BCUT2D eigenvalue weighted by atomic mass is 9.64. The van der Waals surface area contributed by atoms with E-state index in [9.17, 15) is 15.3 Å². The van der Waals surface area contributed by atoms with E-state index in [0.717, 1.165) is 61.9 Å². The predicted molar refractivity (Wildman–Crippen MR) is 173 cm³/mol. The van der Waals surface area contributed by atoms with Crippen LogP contribution in [0.25, 0.3) is 0 Å². The van der Waals surface area contributed by atoms with E-state index >= 15 is 0 Å². The summed E-state index contributed by atoms with van der Waals surface area (Å²) in [5.74, 6) is 3.98. The molecule has 1 aromatic carbocycles. The minimum atomic E-state index is -0.363. The molecule has 44 heavy (non-hydrogen) atoms. The molecular formula is C37H50N2O5. The molecule has 7 rings (SSSR count). The van der Waals surface area contributed by atoms with Gasteiger partial charge >= 0.3 is 0 Å². The quantitative estimate of drug-likeness (QED) is 0.145. The van der Waals surface area contributed by atoms with Gasteiger partial charge in [0.15, 0.2) is 23.3 Å². The Labute approximate surface area is 263 Å². The van der Waals surface area contributed by atoms with E-state index in [2.05, 4.69) is 30.5 Å². The molecule has 238 valence electrons. The lowest BCUT2D eigenvalue weighted by Gasteiger charge is -2.39. The first-order valence-corrected chi connectivity index (χ1v) is 16.9. The number of aromatic hydroxyl groups is 1. The minimum Gasteiger partial charge on any atom is -0.592 e. The first kappa shape index (κ1) is 31.1. The summed E-state index contributed by atoms with van der Waals surface area (Å²) < 4.78 is 12.3. The van der Waals surface area contributed by atoms with E-state index in [0.29, 0.717) is 43.1 Å². The van der Waals surface area contributed by atoms with Crippen molar-refractivity contribution in [2.45, 2.75) is 90.3 Å². The highest BCUT2D eigenvalue weighted by atomic mass is 16.5. The zero-order chi connectivity index (χ0) is 30.7. The number of unbranched alkanes of at least 4 members (excludes halogenated alkanes) is 1. The summed E-state index contributed by atoms with van der Waals surface area (Å²) in [4.78, 5) is 5.18. The van der Waals surface area contributed by atoms with Gasteiger partial charge in [-0.1, -0.05) is 56.6 Å². The van der Waals surface area contributed by atoms with Crippen molar-refractivity contribution < 1.29 is 24.8 Å². The zero-order valence-electron chi connectivity index (χ0n) is 26.4. The van der Waals surface area contributed by atoms with Gasteiger partial charge in [-0.25, -0.2) is 0 Å². The Morgan fingerprint density at radius 1 is 1.30 bits per heavy atom. The van der Waals surface area contributed by atoms with Crippen LogP contribution in [0.3, 0.4) is 0 Å². The molecule has 1 spiro atoms. The van der Waals surface area contributed by atoms with Crippen LogP contribution in [-0.4, -0.2) is 59.5 Å². The number of hydrogen-bond acceptors (Lipinski definition) is 7. The molecular weight excluding hydrogens is 552 g/mol. The molecule has 6 aliphatic rings. The fourth-order valence-corrected chi connectivity index (χ4v) is 8.24. The molecule has 4 aliphatic carbocycles. The Hall–Kier alpha value is -2.87. The zero-order valence-corrected chi connectivity index (χ0v) is 26.4. The van der Waals surface area contributed by atoms with Crippen molar-refractivity contribution >= 4 is 5.71 Å². The molecule has 0 saturated heterocycles. The first-order valence-electron chi connectivity index (χ1n) is 16.9. The Balaban J connectivity index is 1.07. The fourth-order valence-electron chi connectivity index (χ4n) is 8.24. The topological polar surface area (TPSA) is 104 Å². The van der Waals surface area contributed by atoms with Gasteiger partial charge in [0, 0.05) is 31.2 Å². The highest BCUT2D eigenvalue weighted by Gasteiger charge is 2.59. The second-order valence-corrected chi connectivity index (χ2v) is 13.5. The van der Waals surface area contributed by atoms with Crippen LogP contribution in [0, 0.1) is 35.1 Å². The summed E-state index contributed by atoms with van der Waals surface area (Å²) in [6.07, 6.45) is 19.2. The molecule has 0 radical (unpaired) electrons. The van der Waals surface area contributed by atoms with Crippen LogP contribution in [0.1, 0.15) is 77.2 Å². The molecule has 2 fully saturated rings. The summed E-state index contributed by atoms with van der Waals surface area (Å²) in [7, 11) is 0. The van der Waals surface area contributed by atoms with Crippen LogP contribution in [0.5, 0.6) is 11.5 Å². The monoisotopic (exact) mass is 602 g/mol. The molecule has 2 aliphatic heterocycles. The Morgan fingerprint density at radius 2 is 2.18 bits per heavy atom. The van der Waals surface area contributed by atoms with E-state index in [1.165, 1.54) is 37.0 Å². The summed E-state index contributed by atoms with van der Waals surface area (Å²) in [6.45, 7) is 5.93. The van der Waals surface area contributed by atoms with Crippen molar-refractivity contribution in [3.63, 3.8) is 0 Å². The van der Waals surface area contributed by atoms with Gasteiger partial charge in [0.05, 0.1) is 30.4 Å². The maximum atomic E-state index is 10.5. The largest absolute Gasteiger partial charge is 0.592 e. The first-order chi connectivity index (χ1) is 21.4. The number of nitrogens with zero attached hydrogens (tertiary/aromatic N) is 1. The number of phenolic OH excluding ortho intramolecular Hbond substituents is 1. The van der Waals surface area contributed by atoms with Gasteiger partial charge in [-0.15, -0.1) is 4.99 Å². The number of aliphatic imine (C=N–C) groups is 1. The third-order valence-electron chi connectivity index (χ3n) is 10.5. The van der Waals surface area contributed by atoms with E-state index in [4.69, 9.17) is 14.5 Å². The number of ether oxygens (including phenoxy) is 2. The second-order valence-electron chi connectivity index (χ2n) is 13.5. The fraction of sp³-hybridized carbons (Fsp3) is 0.595. The summed E-state index contributed by atoms with van der Waals surface area (Å²) in [6, 6.07) is 6.62. The molecule has 6 unspecified atom stereocenters. The van der Waals surface area contributed by atoms with Gasteiger partial charge < -0.3 is 30.1 Å². The third-order valence-corrected chi connectivity index (χ3v) is 10.5. The van der Waals surface area contributed by atoms with Gasteiger partial charge in [-0.3, -0.25) is 0 Å². The lowest BCUT2D eigenvalue weighted by Crippen LogP contribution is -2.41. The number of aryl methyl sites for hydroxylation is 1. The molecule has 6 atom stereocenters.